The first-order valence-electron chi connectivity index (χ1n) is 5.39. The van der Waals surface area contributed by atoms with Gasteiger partial charge < -0.3 is 15.0 Å². The van der Waals surface area contributed by atoms with Crippen LogP contribution in [0, 0.1) is 5.82 Å². The van der Waals surface area contributed by atoms with Crippen molar-refractivity contribution in [1.82, 2.24) is 10.3 Å². The molecule has 2 heterocycles. The van der Waals surface area contributed by atoms with E-state index in [4.69, 9.17) is 4.74 Å². The largest absolute Gasteiger partial charge is 0.363 e. The topological polar surface area (TPSA) is 57.4 Å². The van der Waals surface area contributed by atoms with Gasteiger partial charge in [-0.1, -0.05) is 0 Å². The number of halogens is 1. The summed E-state index contributed by atoms with van der Waals surface area (Å²) in [6.07, 6.45) is 1.48. The van der Waals surface area contributed by atoms with Crippen LogP contribution in [0.5, 0.6) is 0 Å². The molecule has 1 unspecified atom stereocenters. The van der Waals surface area contributed by atoms with Crippen molar-refractivity contribution in [2.45, 2.75) is 12.6 Å². The third kappa shape index (κ3) is 2.01. The van der Waals surface area contributed by atoms with Crippen molar-refractivity contribution in [2.24, 2.45) is 0 Å². The minimum atomic E-state index is -0.294. The molecule has 1 aliphatic heterocycles. The number of ether oxygens (including phenoxy) is 1. The molecule has 1 atom stereocenters. The number of amides is 1. The van der Waals surface area contributed by atoms with E-state index in [1.165, 1.54) is 12.1 Å². The van der Waals surface area contributed by atoms with E-state index in [0.29, 0.717) is 13.2 Å². The molecule has 1 aliphatic rings. The zero-order valence-corrected chi connectivity index (χ0v) is 9.00. The van der Waals surface area contributed by atoms with Crippen LogP contribution in [0.4, 0.5) is 4.39 Å². The van der Waals surface area contributed by atoms with Crippen LogP contribution in [0.1, 0.15) is 5.56 Å². The molecule has 17 heavy (non-hydrogen) atoms. The Hall–Kier alpha value is -1.88. The molecule has 88 valence electrons. The summed E-state index contributed by atoms with van der Waals surface area (Å²) in [5.74, 6) is -0.397. The molecule has 3 rings (SSSR count). The average molecular weight is 234 g/mol. The molecule has 5 heteroatoms. The van der Waals surface area contributed by atoms with E-state index in [0.717, 1.165) is 16.5 Å². The second-order valence-electron chi connectivity index (χ2n) is 4.04. The number of hydrogen-bond acceptors (Lipinski definition) is 2. The third-order valence-electron chi connectivity index (χ3n) is 2.81. The Bertz CT molecular complexity index is 575. The van der Waals surface area contributed by atoms with Gasteiger partial charge in [0.15, 0.2) is 6.10 Å². The molecule has 0 spiro atoms. The molecule has 0 bridgehead atoms. The Morgan fingerprint density at radius 3 is 3.18 bits per heavy atom. The molecule has 0 saturated carbocycles. The summed E-state index contributed by atoms with van der Waals surface area (Å²) >= 11 is 0. The van der Waals surface area contributed by atoms with Crippen molar-refractivity contribution in [3.8, 4) is 0 Å². The zero-order valence-electron chi connectivity index (χ0n) is 9.00. The number of epoxide rings is 1. The van der Waals surface area contributed by atoms with Gasteiger partial charge in [-0.25, -0.2) is 4.39 Å². The van der Waals surface area contributed by atoms with Gasteiger partial charge in [-0.15, -0.1) is 0 Å². The number of benzene rings is 1. The summed E-state index contributed by atoms with van der Waals surface area (Å²) in [6, 6.07) is 4.54. The monoisotopic (exact) mass is 234 g/mol. The van der Waals surface area contributed by atoms with E-state index in [9.17, 15) is 9.18 Å². The Morgan fingerprint density at radius 2 is 2.41 bits per heavy atom. The summed E-state index contributed by atoms with van der Waals surface area (Å²) in [5.41, 5.74) is 1.73. The van der Waals surface area contributed by atoms with Crippen molar-refractivity contribution in [3.63, 3.8) is 0 Å². The predicted octanol–water partition coefficient (Wildman–Crippen LogP) is 1.32. The molecular formula is C12H11FN2O2. The van der Waals surface area contributed by atoms with Gasteiger partial charge in [0, 0.05) is 23.6 Å². The Balaban J connectivity index is 1.79. The van der Waals surface area contributed by atoms with Crippen LogP contribution in [0.3, 0.4) is 0 Å². The van der Waals surface area contributed by atoms with Crippen LogP contribution in [-0.2, 0) is 16.1 Å². The standard InChI is InChI=1S/C12H11FN2O2/c13-8-1-2-10-9(3-8)7(4-14-10)5-15-12(16)11-6-17-11/h1-4,11,14H,5-6H2,(H,15,16). The highest BCUT2D eigenvalue weighted by Crippen LogP contribution is 2.19. The van der Waals surface area contributed by atoms with Crippen LogP contribution in [0.25, 0.3) is 10.9 Å². The first-order valence-corrected chi connectivity index (χ1v) is 5.39. The molecule has 1 amide bonds. The highest BCUT2D eigenvalue weighted by atomic mass is 19.1. The van der Waals surface area contributed by atoms with Gasteiger partial charge in [0.1, 0.15) is 5.82 Å². The first kappa shape index (κ1) is 10.3. The minimum absolute atomic E-state index is 0.115. The van der Waals surface area contributed by atoms with Crippen LogP contribution in [-0.4, -0.2) is 23.6 Å². The quantitative estimate of drug-likeness (QED) is 0.787. The number of fused-ring (bicyclic) bond motifs is 1. The molecule has 0 aliphatic carbocycles. The Kier molecular flexibility index (Phi) is 2.33. The van der Waals surface area contributed by atoms with Gasteiger partial charge in [0.2, 0.25) is 0 Å². The van der Waals surface area contributed by atoms with Crippen LogP contribution in [0.15, 0.2) is 24.4 Å². The molecule has 2 aromatic rings. The predicted molar refractivity (Wildman–Crippen MR) is 59.8 cm³/mol. The normalized spacial score (nSPS) is 18.3. The van der Waals surface area contributed by atoms with Gasteiger partial charge in [0.05, 0.1) is 6.61 Å². The second-order valence-corrected chi connectivity index (χ2v) is 4.04. The molecule has 0 radical (unpaired) electrons. The number of rotatable bonds is 3. The number of aromatic amines is 1. The van der Waals surface area contributed by atoms with Gasteiger partial charge in [-0.05, 0) is 23.8 Å². The zero-order chi connectivity index (χ0) is 11.8. The fraction of sp³-hybridized carbons (Fsp3) is 0.250. The van der Waals surface area contributed by atoms with Crippen LogP contribution in [0.2, 0.25) is 0 Å². The highest BCUT2D eigenvalue weighted by molar-refractivity contribution is 5.85. The molecule has 1 aromatic heterocycles. The summed E-state index contributed by atoms with van der Waals surface area (Å²) in [5, 5.41) is 3.55. The SMILES string of the molecule is O=C(NCc1c[nH]c2ccc(F)cc12)C1CO1. The fourth-order valence-electron chi connectivity index (χ4n) is 1.79. The lowest BCUT2D eigenvalue weighted by atomic mass is 10.1. The van der Waals surface area contributed by atoms with E-state index in [1.54, 1.807) is 12.3 Å². The van der Waals surface area contributed by atoms with Crippen LogP contribution < -0.4 is 5.32 Å². The molecule has 1 saturated heterocycles. The van der Waals surface area contributed by atoms with E-state index >= 15 is 0 Å². The number of carbonyl (C=O) groups excluding carboxylic acids is 1. The van der Waals surface area contributed by atoms with Crippen molar-refractivity contribution < 1.29 is 13.9 Å². The van der Waals surface area contributed by atoms with Crippen molar-refractivity contribution in [3.05, 3.63) is 35.8 Å². The Morgan fingerprint density at radius 1 is 1.59 bits per heavy atom. The smallest absolute Gasteiger partial charge is 0.251 e. The summed E-state index contributed by atoms with van der Waals surface area (Å²) < 4.78 is 18.0. The van der Waals surface area contributed by atoms with E-state index < -0.39 is 0 Å². The average Bonchev–Trinajstić information content (AvgIpc) is 3.09. The highest BCUT2D eigenvalue weighted by Gasteiger charge is 2.30. The summed E-state index contributed by atoms with van der Waals surface area (Å²) in [6.45, 7) is 0.872. The number of aromatic nitrogens is 1. The number of H-pyrrole nitrogens is 1. The van der Waals surface area contributed by atoms with E-state index in [-0.39, 0.29) is 17.8 Å². The molecule has 1 fully saturated rings. The Labute approximate surface area is 96.8 Å². The van der Waals surface area contributed by atoms with E-state index in [2.05, 4.69) is 10.3 Å². The lowest BCUT2D eigenvalue weighted by Crippen LogP contribution is -2.27. The fourth-order valence-corrected chi connectivity index (χ4v) is 1.79. The van der Waals surface area contributed by atoms with Gasteiger partial charge >= 0.3 is 0 Å². The minimum Gasteiger partial charge on any atom is -0.363 e. The van der Waals surface area contributed by atoms with Gasteiger partial charge in [-0.2, -0.15) is 0 Å². The van der Waals surface area contributed by atoms with E-state index in [1.807, 2.05) is 0 Å². The van der Waals surface area contributed by atoms with Gasteiger partial charge in [-0.3, -0.25) is 4.79 Å². The lowest BCUT2D eigenvalue weighted by molar-refractivity contribution is -0.122. The van der Waals surface area contributed by atoms with Crippen molar-refractivity contribution in [1.29, 1.82) is 0 Å². The number of hydrogen-bond donors (Lipinski definition) is 2. The molecule has 1 aromatic carbocycles. The summed E-state index contributed by atoms with van der Waals surface area (Å²) in [7, 11) is 0. The number of carbonyl (C=O) groups is 1. The number of nitrogens with one attached hydrogen (secondary N) is 2. The molecule has 2 N–H and O–H groups in total. The van der Waals surface area contributed by atoms with Crippen molar-refractivity contribution >= 4 is 16.8 Å². The van der Waals surface area contributed by atoms with Gasteiger partial charge in [0.25, 0.3) is 5.91 Å². The molecule has 4 nitrogen and oxygen atoms in total. The first-order chi connectivity index (χ1) is 8.24. The second kappa shape index (κ2) is 3.85. The maximum absolute atomic E-state index is 13.1. The third-order valence-corrected chi connectivity index (χ3v) is 2.81. The molecular weight excluding hydrogens is 223 g/mol. The van der Waals surface area contributed by atoms with Crippen LogP contribution >= 0.6 is 0 Å². The summed E-state index contributed by atoms with van der Waals surface area (Å²) in [4.78, 5) is 14.4. The maximum atomic E-state index is 13.1. The maximum Gasteiger partial charge on any atom is 0.251 e. The van der Waals surface area contributed by atoms with Crippen molar-refractivity contribution in [2.75, 3.05) is 6.61 Å². The lowest BCUT2D eigenvalue weighted by Gasteiger charge is -2.01.